The Morgan fingerprint density at radius 1 is 1.05 bits per heavy atom. The zero-order valence-electron chi connectivity index (χ0n) is 11.0. The molecule has 1 spiro atoms. The van der Waals surface area contributed by atoms with Gasteiger partial charge in [-0.1, -0.05) is 0 Å². The largest absolute Gasteiger partial charge is 0.490 e. The zero-order chi connectivity index (χ0) is 13.4. The van der Waals surface area contributed by atoms with E-state index >= 15 is 0 Å². The van der Waals surface area contributed by atoms with Gasteiger partial charge in [0, 0.05) is 5.56 Å². The van der Waals surface area contributed by atoms with Crippen molar-refractivity contribution in [3.63, 3.8) is 0 Å². The third-order valence-corrected chi connectivity index (χ3v) is 3.85. The summed E-state index contributed by atoms with van der Waals surface area (Å²) in [6.45, 7) is 1.35. The Kier molecular flexibility index (Phi) is 2.82. The minimum Gasteiger partial charge on any atom is -0.490 e. The lowest BCUT2D eigenvalue weighted by Gasteiger charge is -2.40. The van der Waals surface area contributed by atoms with Crippen LogP contribution in [0.15, 0.2) is 30.5 Å². The first-order chi connectivity index (χ1) is 9.85. The Balaban J connectivity index is 1.47. The number of fused-ring (bicyclic) bond motifs is 1. The van der Waals surface area contributed by atoms with Crippen LogP contribution in [0.3, 0.4) is 0 Å². The van der Waals surface area contributed by atoms with Gasteiger partial charge in [-0.3, -0.25) is 0 Å². The summed E-state index contributed by atoms with van der Waals surface area (Å²) in [5.74, 6) is 1.51. The van der Waals surface area contributed by atoms with E-state index in [1.165, 1.54) is 0 Å². The van der Waals surface area contributed by atoms with Crippen molar-refractivity contribution >= 4 is 0 Å². The molecule has 0 aliphatic carbocycles. The summed E-state index contributed by atoms with van der Waals surface area (Å²) < 4.78 is 28.0. The third-order valence-electron chi connectivity index (χ3n) is 3.85. The highest BCUT2D eigenvalue weighted by Crippen LogP contribution is 2.38. The van der Waals surface area contributed by atoms with E-state index < -0.39 is 0 Å². The third kappa shape index (κ3) is 2.03. The Hall–Kier alpha value is -1.72. The van der Waals surface area contributed by atoms with Crippen molar-refractivity contribution in [1.82, 2.24) is 0 Å². The van der Waals surface area contributed by atoms with Crippen molar-refractivity contribution in [2.24, 2.45) is 0 Å². The Morgan fingerprint density at radius 3 is 2.70 bits per heavy atom. The van der Waals surface area contributed by atoms with Crippen LogP contribution >= 0.6 is 0 Å². The average Bonchev–Trinajstić information content (AvgIpc) is 2.96. The van der Waals surface area contributed by atoms with Crippen LogP contribution in [0.1, 0.15) is 24.7 Å². The second kappa shape index (κ2) is 4.68. The van der Waals surface area contributed by atoms with Crippen molar-refractivity contribution in [1.29, 1.82) is 0 Å². The molecule has 0 radical (unpaired) electrons. The van der Waals surface area contributed by atoms with Crippen LogP contribution in [0.5, 0.6) is 11.5 Å². The maximum absolute atomic E-state index is 5.84. The van der Waals surface area contributed by atoms with Gasteiger partial charge in [-0.2, -0.15) is 0 Å². The highest BCUT2D eigenvalue weighted by molar-refractivity contribution is 5.44. The number of benzene rings is 1. The van der Waals surface area contributed by atoms with Gasteiger partial charge in [-0.25, -0.2) is 0 Å². The molecule has 0 bridgehead atoms. The molecule has 0 aromatic heterocycles. The van der Waals surface area contributed by atoms with Crippen molar-refractivity contribution in [3.05, 3.63) is 36.1 Å². The molecule has 106 valence electrons. The van der Waals surface area contributed by atoms with E-state index in [1.807, 2.05) is 24.3 Å². The highest BCUT2D eigenvalue weighted by Gasteiger charge is 2.39. The molecule has 0 N–H and O–H groups in total. The van der Waals surface area contributed by atoms with Crippen LogP contribution in [-0.2, 0) is 14.2 Å². The molecule has 3 aliphatic rings. The molecule has 20 heavy (non-hydrogen) atoms. The van der Waals surface area contributed by atoms with Crippen LogP contribution in [0.4, 0.5) is 0 Å². The number of allylic oxidation sites excluding steroid dienone is 1. The van der Waals surface area contributed by atoms with E-state index in [2.05, 4.69) is 0 Å². The van der Waals surface area contributed by atoms with E-state index in [0.29, 0.717) is 13.2 Å². The lowest BCUT2D eigenvalue weighted by atomic mass is 9.97. The van der Waals surface area contributed by atoms with Gasteiger partial charge < -0.3 is 23.7 Å². The average molecular weight is 276 g/mol. The molecule has 5 heteroatoms. The van der Waals surface area contributed by atoms with Gasteiger partial charge in [0.2, 0.25) is 6.79 Å². The molecule has 0 atom stereocenters. The minimum atomic E-state index is -0.371. The van der Waals surface area contributed by atoms with Crippen LogP contribution in [0.25, 0.3) is 0 Å². The summed E-state index contributed by atoms with van der Waals surface area (Å²) in [4.78, 5) is 0. The molecule has 1 saturated heterocycles. The summed E-state index contributed by atoms with van der Waals surface area (Å²) in [7, 11) is 0. The van der Waals surface area contributed by atoms with Gasteiger partial charge in [0.25, 0.3) is 0 Å². The highest BCUT2D eigenvalue weighted by atomic mass is 16.7. The van der Waals surface area contributed by atoms with Crippen molar-refractivity contribution in [2.75, 3.05) is 20.0 Å². The molecule has 0 unspecified atom stereocenters. The maximum Gasteiger partial charge on any atom is 0.231 e. The fourth-order valence-electron chi connectivity index (χ4n) is 2.68. The topological polar surface area (TPSA) is 46.2 Å². The first kappa shape index (κ1) is 12.1. The van der Waals surface area contributed by atoms with E-state index in [1.54, 1.807) is 6.26 Å². The predicted molar refractivity (Wildman–Crippen MR) is 69.4 cm³/mol. The normalized spacial score (nSPS) is 31.3. The van der Waals surface area contributed by atoms with Crippen LogP contribution in [0.2, 0.25) is 0 Å². The lowest BCUT2D eigenvalue weighted by Crippen LogP contribution is -2.47. The molecule has 3 heterocycles. The number of hydrogen-bond acceptors (Lipinski definition) is 5. The summed E-state index contributed by atoms with van der Waals surface area (Å²) >= 11 is 0. The van der Waals surface area contributed by atoms with E-state index in [9.17, 15) is 0 Å². The lowest BCUT2D eigenvalue weighted by molar-refractivity contribution is -0.261. The van der Waals surface area contributed by atoms with E-state index in [4.69, 9.17) is 23.7 Å². The van der Waals surface area contributed by atoms with Gasteiger partial charge in [0.1, 0.15) is 0 Å². The van der Waals surface area contributed by atoms with Gasteiger partial charge in [-0.05, 0) is 37.1 Å². The zero-order valence-corrected chi connectivity index (χ0v) is 11.0. The van der Waals surface area contributed by atoms with Crippen LogP contribution in [-0.4, -0.2) is 25.6 Å². The molecule has 0 saturated carbocycles. The predicted octanol–water partition coefficient (Wildman–Crippen LogP) is 2.52. The van der Waals surface area contributed by atoms with Gasteiger partial charge in [0.15, 0.2) is 23.4 Å². The van der Waals surface area contributed by atoms with Crippen LogP contribution < -0.4 is 9.47 Å². The van der Waals surface area contributed by atoms with Crippen molar-refractivity contribution in [3.8, 4) is 11.5 Å². The number of rotatable bonds is 1. The number of hydrogen-bond donors (Lipinski definition) is 0. The van der Waals surface area contributed by atoms with Gasteiger partial charge in [-0.15, -0.1) is 0 Å². The second-order valence-corrected chi connectivity index (χ2v) is 5.28. The summed E-state index contributed by atoms with van der Waals surface area (Å²) in [6.07, 6.45) is 5.33. The fraction of sp³-hybridized carbons (Fsp3) is 0.467. The fourth-order valence-corrected chi connectivity index (χ4v) is 2.68. The molecule has 3 aliphatic heterocycles. The first-order valence-electron chi connectivity index (χ1n) is 6.80. The first-order valence-corrected chi connectivity index (χ1v) is 6.80. The molecule has 4 rings (SSSR count). The van der Waals surface area contributed by atoms with Crippen LogP contribution in [0, 0.1) is 0 Å². The minimum absolute atomic E-state index is 0.272. The molecular formula is C15H16O5. The van der Waals surface area contributed by atoms with Gasteiger partial charge in [0.05, 0.1) is 19.5 Å². The Morgan fingerprint density at radius 2 is 1.90 bits per heavy atom. The second-order valence-electron chi connectivity index (χ2n) is 5.28. The monoisotopic (exact) mass is 276 g/mol. The summed E-state index contributed by atoms with van der Waals surface area (Å²) in [5, 5.41) is 0. The quantitative estimate of drug-likeness (QED) is 0.788. The molecule has 1 fully saturated rings. The summed E-state index contributed by atoms with van der Waals surface area (Å²) in [6, 6.07) is 5.74. The van der Waals surface area contributed by atoms with Crippen molar-refractivity contribution in [2.45, 2.75) is 24.7 Å². The van der Waals surface area contributed by atoms with E-state index in [-0.39, 0.29) is 18.7 Å². The number of ether oxygens (including phenoxy) is 5. The van der Waals surface area contributed by atoms with Crippen molar-refractivity contribution < 1.29 is 23.7 Å². The SMILES string of the molecule is C1=COC2(CC1)COC(c1ccc3c(c1)OCO3)OC2. The maximum atomic E-state index is 5.84. The molecule has 5 nitrogen and oxygen atoms in total. The standard InChI is InChI=1S/C15H16O5/c1-2-6-20-15(5-1)8-16-14(17-9-15)11-3-4-12-13(7-11)19-10-18-12/h2-4,6-7,14H,1,5,8-10H2. The van der Waals surface area contributed by atoms with Gasteiger partial charge >= 0.3 is 0 Å². The van der Waals surface area contributed by atoms with E-state index in [0.717, 1.165) is 29.9 Å². The molecule has 0 amide bonds. The Bertz CT molecular complexity index is 531. The smallest absolute Gasteiger partial charge is 0.231 e. The Labute approximate surface area is 117 Å². The summed E-state index contributed by atoms with van der Waals surface area (Å²) in [5.41, 5.74) is 0.622. The molecular weight excluding hydrogens is 260 g/mol. The molecule has 1 aromatic rings. The molecule has 1 aromatic carbocycles.